The van der Waals surface area contributed by atoms with Gasteiger partial charge in [0.1, 0.15) is 0 Å². The van der Waals surface area contributed by atoms with Gasteiger partial charge in [0.05, 0.1) is 4.90 Å². The summed E-state index contributed by atoms with van der Waals surface area (Å²) in [5, 5.41) is 0. The molecule has 3 nitrogen and oxygen atoms in total. The molecule has 0 saturated heterocycles. The van der Waals surface area contributed by atoms with Crippen LogP contribution in [0.3, 0.4) is 0 Å². The summed E-state index contributed by atoms with van der Waals surface area (Å²) in [5.41, 5.74) is 1.06. The van der Waals surface area contributed by atoms with Gasteiger partial charge in [0, 0.05) is 10.1 Å². The van der Waals surface area contributed by atoms with Crippen LogP contribution in [0.4, 0.5) is 0 Å². The first-order valence-corrected chi connectivity index (χ1v) is 6.79. The highest BCUT2D eigenvalue weighted by atomic mass is 127. The second kappa shape index (κ2) is 4.59. The van der Waals surface area contributed by atoms with Crippen LogP contribution in [0.25, 0.3) is 0 Å². The molecule has 0 aromatic heterocycles. The molecule has 0 spiro atoms. The van der Waals surface area contributed by atoms with E-state index in [4.69, 9.17) is 0 Å². The standard InChI is InChI=1S/C9H12INO2S/c1-3-11-14(12,13)9-5-4-7(2)6-8(9)10/h4-6,11H,3H2,1-2H3. The molecule has 1 aromatic carbocycles. The van der Waals surface area contributed by atoms with E-state index in [1.165, 1.54) is 0 Å². The smallest absolute Gasteiger partial charge is 0.211 e. The monoisotopic (exact) mass is 325 g/mol. The number of sulfonamides is 1. The molecule has 1 N–H and O–H groups in total. The molecule has 78 valence electrons. The van der Waals surface area contributed by atoms with Crippen LogP contribution in [0.2, 0.25) is 0 Å². The molecule has 5 heteroatoms. The van der Waals surface area contributed by atoms with Gasteiger partial charge in [-0.25, -0.2) is 13.1 Å². The molecule has 0 aliphatic carbocycles. The Morgan fingerprint density at radius 2 is 2.07 bits per heavy atom. The van der Waals surface area contributed by atoms with Gasteiger partial charge in [-0.3, -0.25) is 0 Å². The second-order valence-corrected chi connectivity index (χ2v) is 5.83. The Kier molecular flexibility index (Phi) is 3.91. The van der Waals surface area contributed by atoms with E-state index >= 15 is 0 Å². The minimum atomic E-state index is -3.32. The van der Waals surface area contributed by atoms with Gasteiger partial charge in [0.25, 0.3) is 0 Å². The summed E-state index contributed by atoms with van der Waals surface area (Å²) >= 11 is 2.03. The number of rotatable bonds is 3. The third-order valence-electron chi connectivity index (χ3n) is 1.71. The molecule has 0 saturated carbocycles. The van der Waals surface area contributed by atoms with Crippen molar-refractivity contribution >= 4 is 32.6 Å². The van der Waals surface area contributed by atoms with E-state index in [-0.39, 0.29) is 0 Å². The van der Waals surface area contributed by atoms with E-state index in [1.807, 2.05) is 35.6 Å². The molecule has 0 amide bonds. The molecule has 0 aliphatic rings. The zero-order chi connectivity index (χ0) is 10.8. The van der Waals surface area contributed by atoms with E-state index in [9.17, 15) is 8.42 Å². The third kappa shape index (κ3) is 2.68. The van der Waals surface area contributed by atoms with Crippen LogP contribution in [0.15, 0.2) is 23.1 Å². The van der Waals surface area contributed by atoms with Gasteiger partial charge in [-0.05, 0) is 47.2 Å². The van der Waals surface area contributed by atoms with Crippen molar-refractivity contribution in [3.05, 3.63) is 27.3 Å². The maximum atomic E-state index is 11.6. The number of hydrogen-bond donors (Lipinski definition) is 1. The van der Waals surface area contributed by atoms with Gasteiger partial charge >= 0.3 is 0 Å². The van der Waals surface area contributed by atoms with E-state index < -0.39 is 10.0 Å². The van der Waals surface area contributed by atoms with Crippen LogP contribution in [-0.4, -0.2) is 15.0 Å². The molecule has 0 unspecified atom stereocenters. The van der Waals surface area contributed by atoms with Crippen molar-refractivity contribution in [1.29, 1.82) is 0 Å². The van der Waals surface area contributed by atoms with E-state index in [0.717, 1.165) is 9.13 Å². The summed E-state index contributed by atoms with van der Waals surface area (Å²) in [7, 11) is -3.32. The van der Waals surface area contributed by atoms with Crippen molar-refractivity contribution in [2.24, 2.45) is 0 Å². The van der Waals surface area contributed by atoms with Gasteiger partial charge < -0.3 is 0 Å². The van der Waals surface area contributed by atoms with Crippen LogP contribution < -0.4 is 4.72 Å². The molecule has 1 aromatic rings. The van der Waals surface area contributed by atoms with Crippen molar-refractivity contribution in [1.82, 2.24) is 4.72 Å². The van der Waals surface area contributed by atoms with Crippen LogP contribution in [0.1, 0.15) is 12.5 Å². The first-order chi connectivity index (χ1) is 6.47. The van der Waals surface area contributed by atoms with Crippen molar-refractivity contribution in [3.8, 4) is 0 Å². The average molecular weight is 325 g/mol. The largest absolute Gasteiger partial charge is 0.241 e. The first-order valence-electron chi connectivity index (χ1n) is 4.23. The number of halogens is 1. The maximum absolute atomic E-state index is 11.6. The van der Waals surface area contributed by atoms with Gasteiger partial charge in [0.15, 0.2) is 0 Å². The highest BCUT2D eigenvalue weighted by Gasteiger charge is 2.15. The summed E-state index contributed by atoms with van der Waals surface area (Å²) in [6, 6.07) is 5.28. The fourth-order valence-corrected chi connectivity index (χ4v) is 3.73. The Balaban J connectivity index is 3.20. The third-order valence-corrected chi connectivity index (χ3v) is 4.57. The van der Waals surface area contributed by atoms with Crippen LogP contribution in [0, 0.1) is 10.5 Å². The molecule has 0 bridgehead atoms. The van der Waals surface area contributed by atoms with E-state index in [1.54, 1.807) is 19.1 Å². The summed E-state index contributed by atoms with van der Waals surface area (Å²) < 4.78 is 26.5. The van der Waals surface area contributed by atoms with Gasteiger partial charge in [0.2, 0.25) is 10.0 Å². The first kappa shape index (κ1) is 11.9. The molecule has 0 aliphatic heterocycles. The van der Waals surface area contributed by atoms with Gasteiger partial charge in [-0.15, -0.1) is 0 Å². The fraction of sp³-hybridized carbons (Fsp3) is 0.333. The van der Waals surface area contributed by atoms with Crippen molar-refractivity contribution < 1.29 is 8.42 Å². The Bertz CT molecular complexity index is 428. The molecule has 0 heterocycles. The number of nitrogens with one attached hydrogen (secondary N) is 1. The average Bonchev–Trinajstić information content (AvgIpc) is 2.02. The van der Waals surface area contributed by atoms with Crippen LogP contribution in [0.5, 0.6) is 0 Å². The summed E-state index contributed by atoms with van der Waals surface area (Å²) in [6.07, 6.45) is 0. The fourth-order valence-electron chi connectivity index (χ4n) is 1.09. The lowest BCUT2D eigenvalue weighted by Gasteiger charge is -2.06. The number of hydrogen-bond acceptors (Lipinski definition) is 2. The summed E-state index contributed by atoms with van der Waals surface area (Å²) in [5.74, 6) is 0. The van der Waals surface area contributed by atoms with Crippen molar-refractivity contribution in [2.45, 2.75) is 18.7 Å². The molecular formula is C9H12INO2S. The molecule has 1 rings (SSSR count). The maximum Gasteiger partial charge on any atom is 0.241 e. The number of benzene rings is 1. The lowest BCUT2D eigenvalue weighted by atomic mass is 10.2. The highest BCUT2D eigenvalue weighted by Crippen LogP contribution is 2.18. The quantitative estimate of drug-likeness (QED) is 0.863. The molecule has 0 radical (unpaired) electrons. The Labute approximate surface area is 98.1 Å². The van der Waals surface area contributed by atoms with Crippen molar-refractivity contribution in [3.63, 3.8) is 0 Å². The minimum absolute atomic E-state index is 0.352. The Hall–Kier alpha value is -0.140. The van der Waals surface area contributed by atoms with Gasteiger partial charge in [-0.2, -0.15) is 0 Å². The van der Waals surface area contributed by atoms with Crippen LogP contribution >= 0.6 is 22.6 Å². The topological polar surface area (TPSA) is 46.2 Å². The predicted octanol–water partition coefficient (Wildman–Crippen LogP) is 1.90. The van der Waals surface area contributed by atoms with Crippen molar-refractivity contribution in [2.75, 3.05) is 6.54 Å². The molecular weight excluding hydrogens is 313 g/mol. The lowest BCUT2D eigenvalue weighted by Crippen LogP contribution is -2.23. The lowest BCUT2D eigenvalue weighted by molar-refractivity contribution is 0.583. The minimum Gasteiger partial charge on any atom is -0.211 e. The zero-order valence-electron chi connectivity index (χ0n) is 8.04. The van der Waals surface area contributed by atoms with Gasteiger partial charge in [-0.1, -0.05) is 13.0 Å². The number of aryl methyl sites for hydroxylation is 1. The highest BCUT2D eigenvalue weighted by molar-refractivity contribution is 14.1. The SMILES string of the molecule is CCNS(=O)(=O)c1ccc(C)cc1I. The van der Waals surface area contributed by atoms with Crippen LogP contribution in [-0.2, 0) is 10.0 Å². The molecule has 0 atom stereocenters. The normalized spacial score (nSPS) is 11.6. The van der Waals surface area contributed by atoms with E-state index in [0.29, 0.717) is 11.4 Å². The summed E-state index contributed by atoms with van der Waals surface area (Å²) in [4.78, 5) is 0.352. The Morgan fingerprint density at radius 3 is 2.57 bits per heavy atom. The predicted molar refractivity (Wildman–Crippen MR) is 64.8 cm³/mol. The summed E-state index contributed by atoms with van der Waals surface area (Å²) in [6.45, 7) is 4.11. The Morgan fingerprint density at radius 1 is 1.43 bits per heavy atom. The zero-order valence-corrected chi connectivity index (χ0v) is 11.0. The van der Waals surface area contributed by atoms with E-state index in [2.05, 4.69) is 4.72 Å². The molecule has 0 fully saturated rings. The second-order valence-electron chi connectivity index (χ2n) is 2.94. The molecule has 14 heavy (non-hydrogen) atoms.